The van der Waals surface area contributed by atoms with Crippen LogP contribution in [0.4, 0.5) is 0 Å². The molecule has 1 fully saturated rings. The van der Waals surface area contributed by atoms with Gasteiger partial charge in [0.15, 0.2) is 0 Å². The van der Waals surface area contributed by atoms with Crippen LogP contribution in [0.2, 0.25) is 0 Å². The van der Waals surface area contributed by atoms with E-state index in [1.807, 2.05) is 13.8 Å². The molecule has 0 spiro atoms. The number of carboxylic acid groups (broad SMARTS) is 1. The van der Waals surface area contributed by atoms with Gasteiger partial charge >= 0.3 is 5.97 Å². The van der Waals surface area contributed by atoms with Gasteiger partial charge in [0.25, 0.3) is 0 Å². The van der Waals surface area contributed by atoms with Gasteiger partial charge in [0, 0.05) is 0 Å². The molecule has 2 atom stereocenters. The number of carbonyl (C=O) groups is 1. The summed E-state index contributed by atoms with van der Waals surface area (Å²) in [6, 6.07) is 0. The van der Waals surface area contributed by atoms with E-state index in [1.165, 1.54) is 0 Å². The fourth-order valence-corrected chi connectivity index (χ4v) is 1.74. The van der Waals surface area contributed by atoms with Gasteiger partial charge in [-0.1, -0.05) is 13.3 Å². The first kappa shape index (κ1) is 8.57. The van der Waals surface area contributed by atoms with E-state index in [0.29, 0.717) is 11.8 Å². The molecule has 0 aliphatic heterocycles. The SMILES string of the molecule is CCC1CC1C(C)(C)C(=O)O. The molecule has 64 valence electrons. The van der Waals surface area contributed by atoms with Gasteiger partial charge in [-0.2, -0.15) is 0 Å². The van der Waals surface area contributed by atoms with E-state index < -0.39 is 11.4 Å². The van der Waals surface area contributed by atoms with Crippen LogP contribution in [-0.4, -0.2) is 11.1 Å². The summed E-state index contributed by atoms with van der Waals surface area (Å²) in [4.78, 5) is 10.8. The molecule has 1 aliphatic carbocycles. The zero-order valence-electron chi connectivity index (χ0n) is 7.42. The second-order valence-electron chi connectivity index (χ2n) is 4.04. The third-order valence-corrected chi connectivity index (χ3v) is 2.93. The van der Waals surface area contributed by atoms with Gasteiger partial charge in [-0.25, -0.2) is 0 Å². The monoisotopic (exact) mass is 156 g/mol. The fraction of sp³-hybridized carbons (Fsp3) is 0.889. The van der Waals surface area contributed by atoms with Crippen LogP contribution in [0.25, 0.3) is 0 Å². The number of carboxylic acids is 1. The summed E-state index contributed by atoms with van der Waals surface area (Å²) < 4.78 is 0. The standard InChI is InChI=1S/C9H16O2/c1-4-6-5-7(6)9(2,3)8(10)11/h6-7H,4-5H2,1-3H3,(H,10,11). The van der Waals surface area contributed by atoms with Crippen molar-refractivity contribution < 1.29 is 9.90 Å². The Hall–Kier alpha value is -0.530. The number of rotatable bonds is 3. The van der Waals surface area contributed by atoms with Crippen LogP contribution in [0.15, 0.2) is 0 Å². The minimum Gasteiger partial charge on any atom is -0.481 e. The highest BCUT2D eigenvalue weighted by atomic mass is 16.4. The van der Waals surface area contributed by atoms with E-state index in [1.54, 1.807) is 0 Å². The summed E-state index contributed by atoms with van der Waals surface area (Å²) in [7, 11) is 0. The predicted octanol–water partition coefficient (Wildman–Crippen LogP) is 2.14. The molecule has 1 aliphatic rings. The van der Waals surface area contributed by atoms with Crippen molar-refractivity contribution in [1.82, 2.24) is 0 Å². The zero-order valence-corrected chi connectivity index (χ0v) is 7.42. The van der Waals surface area contributed by atoms with Crippen molar-refractivity contribution in [2.75, 3.05) is 0 Å². The van der Waals surface area contributed by atoms with Crippen molar-refractivity contribution in [2.24, 2.45) is 17.3 Å². The molecular weight excluding hydrogens is 140 g/mol. The average Bonchev–Trinajstić information content (AvgIpc) is 2.65. The van der Waals surface area contributed by atoms with Gasteiger partial charge in [-0.15, -0.1) is 0 Å². The van der Waals surface area contributed by atoms with Crippen molar-refractivity contribution in [3.05, 3.63) is 0 Å². The summed E-state index contributed by atoms with van der Waals surface area (Å²) in [5.41, 5.74) is -0.499. The Morgan fingerprint density at radius 1 is 1.64 bits per heavy atom. The zero-order chi connectivity index (χ0) is 8.65. The van der Waals surface area contributed by atoms with E-state index in [2.05, 4.69) is 6.92 Å². The van der Waals surface area contributed by atoms with Crippen molar-refractivity contribution in [3.8, 4) is 0 Å². The molecule has 1 saturated carbocycles. The highest BCUT2D eigenvalue weighted by molar-refractivity contribution is 5.74. The molecule has 0 bridgehead atoms. The van der Waals surface area contributed by atoms with E-state index in [0.717, 1.165) is 12.8 Å². The van der Waals surface area contributed by atoms with Crippen LogP contribution < -0.4 is 0 Å². The Balaban J connectivity index is 2.55. The molecule has 1 N–H and O–H groups in total. The topological polar surface area (TPSA) is 37.3 Å². The third kappa shape index (κ3) is 1.39. The van der Waals surface area contributed by atoms with Crippen LogP contribution in [0.5, 0.6) is 0 Å². The van der Waals surface area contributed by atoms with E-state index >= 15 is 0 Å². The lowest BCUT2D eigenvalue weighted by molar-refractivity contribution is -0.148. The molecule has 0 aromatic carbocycles. The molecule has 0 aromatic heterocycles. The summed E-state index contributed by atoms with van der Waals surface area (Å²) in [5.74, 6) is 0.435. The van der Waals surface area contributed by atoms with Crippen molar-refractivity contribution in [1.29, 1.82) is 0 Å². The Labute approximate surface area is 67.6 Å². The molecule has 0 saturated heterocycles. The lowest BCUT2D eigenvalue weighted by Crippen LogP contribution is -2.26. The Bertz CT molecular complexity index is 172. The molecule has 0 aromatic rings. The lowest BCUT2D eigenvalue weighted by Gasteiger charge is -2.18. The number of aliphatic carboxylic acids is 1. The van der Waals surface area contributed by atoms with Crippen molar-refractivity contribution in [2.45, 2.75) is 33.6 Å². The van der Waals surface area contributed by atoms with E-state index in [4.69, 9.17) is 5.11 Å². The average molecular weight is 156 g/mol. The molecule has 2 nitrogen and oxygen atoms in total. The highest BCUT2D eigenvalue weighted by Gasteiger charge is 2.50. The Morgan fingerprint density at radius 2 is 2.18 bits per heavy atom. The van der Waals surface area contributed by atoms with E-state index in [-0.39, 0.29) is 0 Å². The minimum atomic E-state index is -0.654. The highest BCUT2D eigenvalue weighted by Crippen LogP contribution is 2.52. The quantitative estimate of drug-likeness (QED) is 0.679. The van der Waals surface area contributed by atoms with Crippen molar-refractivity contribution >= 4 is 5.97 Å². The largest absolute Gasteiger partial charge is 0.481 e. The summed E-state index contributed by atoms with van der Waals surface area (Å²) in [6.07, 6.45) is 2.23. The maximum absolute atomic E-state index is 10.8. The van der Waals surface area contributed by atoms with Gasteiger partial charge in [-0.3, -0.25) is 4.79 Å². The molecule has 0 heterocycles. The van der Waals surface area contributed by atoms with Crippen LogP contribution >= 0.6 is 0 Å². The van der Waals surface area contributed by atoms with Crippen LogP contribution in [0.3, 0.4) is 0 Å². The van der Waals surface area contributed by atoms with E-state index in [9.17, 15) is 4.79 Å². The number of hydrogen-bond acceptors (Lipinski definition) is 1. The molecule has 0 radical (unpaired) electrons. The van der Waals surface area contributed by atoms with Crippen LogP contribution in [0, 0.1) is 17.3 Å². The summed E-state index contributed by atoms with van der Waals surface area (Å²) in [6.45, 7) is 5.79. The van der Waals surface area contributed by atoms with Gasteiger partial charge in [-0.05, 0) is 32.1 Å². The maximum atomic E-state index is 10.8. The van der Waals surface area contributed by atoms with Crippen molar-refractivity contribution in [3.63, 3.8) is 0 Å². The molecule has 0 amide bonds. The van der Waals surface area contributed by atoms with Crippen LogP contribution in [0.1, 0.15) is 33.6 Å². The van der Waals surface area contributed by atoms with Gasteiger partial charge in [0.05, 0.1) is 5.41 Å². The normalized spacial score (nSPS) is 30.1. The number of hydrogen-bond donors (Lipinski definition) is 1. The van der Waals surface area contributed by atoms with Gasteiger partial charge in [0.1, 0.15) is 0 Å². The summed E-state index contributed by atoms with van der Waals surface area (Å²) >= 11 is 0. The van der Waals surface area contributed by atoms with Crippen LogP contribution in [-0.2, 0) is 4.79 Å². The maximum Gasteiger partial charge on any atom is 0.309 e. The fourth-order valence-electron chi connectivity index (χ4n) is 1.74. The third-order valence-electron chi connectivity index (χ3n) is 2.93. The smallest absolute Gasteiger partial charge is 0.309 e. The second kappa shape index (κ2) is 2.50. The summed E-state index contributed by atoms with van der Waals surface area (Å²) in [5, 5.41) is 8.86. The Morgan fingerprint density at radius 3 is 2.45 bits per heavy atom. The first-order chi connectivity index (χ1) is 5.00. The molecular formula is C9H16O2. The van der Waals surface area contributed by atoms with Gasteiger partial charge < -0.3 is 5.11 Å². The first-order valence-corrected chi connectivity index (χ1v) is 4.23. The molecule has 2 unspecified atom stereocenters. The first-order valence-electron chi connectivity index (χ1n) is 4.23. The second-order valence-corrected chi connectivity index (χ2v) is 4.04. The predicted molar refractivity (Wildman–Crippen MR) is 43.3 cm³/mol. The Kier molecular flexibility index (Phi) is 1.95. The molecule has 2 heteroatoms. The minimum absolute atomic E-state index is 0.421. The molecule has 11 heavy (non-hydrogen) atoms. The lowest BCUT2D eigenvalue weighted by atomic mass is 9.86. The molecule has 1 rings (SSSR count). The van der Waals surface area contributed by atoms with Gasteiger partial charge in [0.2, 0.25) is 0 Å².